The van der Waals surface area contributed by atoms with Gasteiger partial charge < -0.3 is 30.3 Å². The van der Waals surface area contributed by atoms with Gasteiger partial charge in [-0.25, -0.2) is 9.59 Å². The molecular weight excluding hydrogens is 784 g/mol. The normalized spacial score (nSPS) is 13.3. The molecule has 4 amide bonds. The number of nitrogens with zero attached hydrogens (tertiary/aromatic N) is 1. The molecule has 1 aliphatic rings. The Balaban J connectivity index is 1.32. The van der Waals surface area contributed by atoms with Gasteiger partial charge in [-0.2, -0.15) is 0 Å². The molecule has 1 atom stereocenters. The lowest BCUT2D eigenvalue weighted by Gasteiger charge is -2.30. The molecule has 55 heavy (non-hydrogen) atoms. The van der Waals surface area contributed by atoms with Crippen molar-refractivity contribution < 1.29 is 33.4 Å². The Kier molecular flexibility index (Phi) is 13.7. The van der Waals surface area contributed by atoms with Gasteiger partial charge in [-0.05, 0) is 87.2 Å². The molecule has 0 fully saturated rings. The average Bonchev–Trinajstić information content (AvgIpc) is 3.51. The molecular formula is C40H40Cl2N4O7S2. The molecule has 1 aromatic heterocycles. The number of methoxy groups -OCH3 is 1. The summed E-state index contributed by atoms with van der Waals surface area (Å²) in [6.07, 6.45) is 1.83. The van der Waals surface area contributed by atoms with Crippen LogP contribution in [-0.4, -0.2) is 59.2 Å². The van der Waals surface area contributed by atoms with Gasteiger partial charge in [0.15, 0.2) is 0 Å². The van der Waals surface area contributed by atoms with E-state index in [1.54, 1.807) is 92.4 Å². The first-order valence-corrected chi connectivity index (χ1v) is 19.7. The van der Waals surface area contributed by atoms with E-state index in [4.69, 9.17) is 32.7 Å². The smallest absolute Gasteiger partial charge is 0.410 e. The number of anilines is 2. The van der Waals surface area contributed by atoms with Crippen molar-refractivity contribution in [2.45, 2.75) is 62.8 Å². The van der Waals surface area contributed by atoms with Gasteiger partial charge in [0.1, 0.15) is 16.3 Å². The molecule has 2 heterocycles. The standard InChI is InChI=1S/C40H40Cl2N4O7S2/c1-6-30(36(49)45-37-32(38(50)52-5)27-18-19-46(22-31(27)55-37)39(51)53-40(2,3)4)54-26-16-11-15-25(21-26)43-35(48)29(20-24-14-10-17-28(41)33(24)42)44-34(47)23-12-8-7-9-13-23/h7-17,20-21,30H,6,18-19,22H2,1-5H3,(H,43,48)(H,44,47)(H,45,49)/b29-20+. The SMILES string of the molecule is CCC(Sc1cccc(NC(=O)/C(=C\c2cccc(Cl)c2Cl)NC(=O)c2ccccc2)c1)C(=O)Nc1sc2c(c1C(=O)OC)CCN(C(=O)OC(C)(C)C)C2. The van der Waals surface area contributed by atoms with Crippen LogP contribution in [0.15, 0.2) is 83.4 Å². The molecule has 0 bridgehead atoms. The van der Waals surface area contributed by atoms with Gasteiger partial charge >= 0.3 is 12.1 Å². The third kappa shape index (κ3) is 10.7. The Morgan fingerprint density at radius 3 is 2.40 bits per heavy atom. The largest absolute Gasteiger partial charge is 0.465 e. The van der Waals surface area contributed by atoms with E-state index in [9.17, 15) is 24.0 Å². The highest BCUT2D eigenvalue weighted by Gasteiger charge is 2.33. The highest BCUT2D eigenvalue weighted by molar-refractivity contribution is 8.00. The monoisotopic (exact) mass is 822 g/mol. The van der Waals surface area contributed by atoms with Crippen LogP contribution in [0.2, 0.25) is 10.0 Å². The van der Waals surface area contributed by atoms with Crippen LogP contribution >= 0.6 is 46.3 Å². The van der Waals surface area contributed by atoms with Gasteiger partial charge in [0.25, 0.3) is 11.8 Å². The second kappa shape index (κ2) is 18.2. The maximum Gasteiger partial charge on any atom is 0.410 e. The topological polar surface area (TPSA) is 143 Å². The molecule has 0 radical (unpaired) electrons. The zero-order valence-electron chi connectivity index (χ0n) is 30.8. The van der Waals surface area contributed by atoms with E-state index in [1.165, 1.54) is 36.3 Å². The quantitative estimate of drug-likeness (QED) is 0.0773. The van der Waals surface area contributed by atoms with E-state index in [0.717, 1.165) is 10.4 Å². The summed E-state index contributed by atoms with van der Waals surface area (Å²) in [4.78, 5) is 69.3. The molecule has 288 valence electrons. The summed E-state index contributed by atoms with van der Waals surface area (Å²) in [6.45, 7) is 7.85. The zero-order chi connectivity index (χ0) is 39.9. The van der Waals surface area contributed by atoms with Gasteiger partial charge in [0.2, 0.25) is 5.91 Å². The molecule has 5 rings (SSSR count). The number of fused-ring (bicyclic) bond motifs is 1. The predicted molar refractivity (Wildman–Crippen MR) is 218 cm³/mol. The molecule has 0 saturated carbocycles. The van der Waals surface area contributed by atoms with Crippen molar-refractivity contribution in [3.05, 3.63) is 116 Å². The molecule has 0 saturated heterocycles. The summed E-state index contributed by atoms with van der Waals surface area (Å²) in [7, 11) is 1.28. The molecule has 4 aromatic rings. The highest BCUT2D eigenvalue weighted by Crippen LogP contribution is 2.39. The van der Waals surface area contributed by atoms with Crippen molar-refractivity contribution in [1.82, 2.24) is 10.2 Å². The molecule has 1 unspecified atom stereocenters. The van der Waals surface area contributed by atoms with Crippen molar-refractivity contribution in [2.75, 3.05) is 24.3 Å². The number of amides is 4. The number of nitrogens with one attached hydrogen (secondary N) is 3. The van der Waals surface area contributed by atoms with Gasteiger partial charge in [0, 0.05) is 27.6 Å². The Labute approximate surface area is 337 Å². The van der Waals surface area contributed by atoms with E-state index in [0.29, 0.717) is 46.1 Å². The summed E-state index contributed by atoms with van der Waals surface area (Å²) in [5.41, 5.74) is 1.48. The third-order valence-electron chi connectivity index (χ3n) is 8.18. The Morgan fingerprint density at radius 2 is 1.71 bits per heavy atom. The van der Waals surface area contributed by atoms with Crippen LogP contribution in [0.3, 0.4) is 0 Å². The first-order valence-electron chi connectivity index (χ1n) is 17.3. The second-order valence-corrected chi connectivity index (χ2v) is 16.5. The van der Waals surface area contributed by atoms with E-state index in [-0.39, 0.29) is 33.8 Å². The first-order chi connectivity index (χ1) is 26.2. The molecule has 0 aliphatic carbocycles. The third-order valence-corrected chi connectivity index (χ3v) is 11.5. The summed E-state index contributed by atoms with van der Waals surface area (Å²) in [5, 5.41) is 8.74. The summed E-state index contributed by atoms with van der Waals surface area (Å²) in [6, 6.07) is 20.4. The van der Waals surface area contributed by atoms with Crippen LogP contribution in [0, 0.1) is 0 Å². The van der Waals surface area contributed by atoms with Crippen LogP contribution in [0.25, 0.3) is 6.08 Å². The zero-order valence-corrected chi connectivity index (χ0v) is 33.9. The van der Waals surface area contributed by atoms with Gasteiger partial charge in [0.05, 0.1) is 34.5 Å². The number of thiophene rings is 1. The van der Waals surface area contributed by atoms with Crippen LogP contribution in [0.1, 0.15) is 70.8 Å². The van der Waals surface area contributed by atoms with Crippen molar-refractivity contribution in [3.8, 4) is 0 Å². The minimum Gasteiger partial charge on any atom is -0.465 e. The number of benzene rings is 3. The van der Waals surface area contributed by atoms with Gasteiger partial charge in [-0.1, -0.05) is 66.5 Å². The minimum absolute atomic E-state index is 0.0730. The predicted octanol–water partition coefficient (Wildman–Crippen LogP) is 9.05. The number of thioether (sulfide) groups is 1. The number of halogens is 2. The number of ether oxygens (including phenoxy) is 2. The summed E-state index contributed by atoms with van der Waals surface area (Å²) in [5.74, 6) is -2.02. The number of rotatable bonds is 11. The fraction of sp³-hybridized carbons (Fsp3) is 0.275. The van der Waals surface area contributed by atoms with Crippen LogP contribution < -0.4 is 16.0 Å². The van der Waals surface area contributed by atoms with E-state index in [2.05, 4.69) is 16.0 Å². The minimum atomic E-state index is -0.659. The maximum absolute atomic E-state index is 13.8. The maximum atomic E-state index is 13.8. The van der Waals surface area contributed by atoms with Crippen LogP contribution in [-0.2, 0) is 32.0 Å². The van der Waals surface area contributed by atoms with Crippen molar-refractivity contribution >= 4 is 92.8 Å². The fourth-order valence-corrected chi connectivity index (χ4v) is 8.18. The van der Waals surface area contributed by atoms with Crippen molar-refractivity contribution in [2.24, 2.45) is 0 Å². The molecule has 3 aromatic carbocycles. The Bertz CT molecular complexity index is 2130. The van der Waals surface area contributed by atoms with E-state index in [1.807, 2.05) is 13.0 Å². The first kappa shape index (κ1) is 41.3. The number of carbonyl (C=O) groups is 5. The summed E-state index contributed by atoms with van der Waals surface area (Å²) >= 11 is 15.1. The Hall–Kier alpha value is -4.82. The Morgan fingerprint density at radius 1 is 0.982 bits per heavy atom. The van der Waals surface area contributed by atoms with Gasteiger partial charge in [-0.3, -0.25) is 14.4 Å². The van der Waals surface area contributed by atoms with Gasteiger partial charge in [-0.15, -0.1) is 23.1 Å². The molecule has 11 nitrogen and oxygen atoms in total. The van der Waals surface area contributed by atoms with Crippen molar-refractivity contribution in [3.63, 3.8) is 0 Å². The van der Waals surface area contributed by atoms with E-state index >= 15 is 0 Å². The van der Waals surface area contributed by atoms with Crippen LogP contribution in [0.4, 0.5) is 15.5 Å². The molecule has 1 aliphatic heterocycles. The van der Waals surface area contributed by atoms with Crippen molar-refractivity contribution in [1.29, 1.82) is 0 Å². The van der Waals surface area contributed by atoms with Crippen LogP contribution in [0.5, 0.6) is 0 Å². The molecule has 3 N–H and O–H groups in total. The molecule has 15 heteroatoms. The lowest BCUT2D eigenvalue weighted by molar-refractivity contribution is -0.116. The number of esters is 1. The number of hydrogen-bond acceptors (Lipinski definition) is 9. The summed E-state index contributed by atoms with van der Waals surface area (Å²) < 4.78 is 10.6. The van der Waals surface area contributed by atoms with E-state index < -0.39 is 34.7 Å². The number of hydrogen-bond donors (Lipinski definition) is 3. The highest BCUT2D eigenvalue weighted by atomic mass is 35.5. The molecule has 0 spiro atoms. The lowest BCUT2D eigenvalue weighted by atomic mass is 10.0. The number of carbonyl (C=O) groups excluding carboxylic acids is 5. The lowest BCUT2D eigenvalue weighted by Crippen LogP contribution is -2.39. The second-order valence-electron chi connectivity index (χ2n) is 13.4. The average molecular weight is 824 g/mol. The fourth-order valence-electron chi connectivity index (χ4n) is 5.55.